The van der Waals surface area contributed by atoms with E-state index < -0.39 is 10.0 Å². The minimum absolute atomic E-state index is 0.152. The molecule has 0 aliphatic heterocycles. The van der Waals surface area contributed by atoms with Crippen molar-refractivity contribution in [3.05, 3.63) is 57.6 Å². The zero-order chi connectivity index (χ0) is 20.2. The van der Waals surface area contributed by atoms with Crippen molar-refractivity contribution in [2.75, 3.05) is 22.4 Å². The van der Waals surface area contributed by atoms with Gasteiger partial charge in [-0.3, -0.25) is 9.10 Å². The van der Waals surface area contributed by atoms with E-state index in [4.69, 9.17) is 23.2 Å². The van der Waals surface area contributed by atoms with Gasteiger partial charge in [0.15, 0.2) is 0 Å². The predicted octanol–water partition coefficient (Wildman–Crippen LogP) is 4.80. The maximum Gasteiger partial charge on any atom is 0.232 e. The zero-order valence-corrected chi connectivity index (χ0v) is 17.7. The first-order chi connectivity index (χ1) is 12.6. The van der Waals surface area contributed by atoms with Crippen LogP contribution in [0.15, 0.2) is 36.4 Å². The standard InChI is InChI=1S/C19H22Cl2N2O3S/c1-13-6-8-16(11-14(13)2)23(27(3,25)26)10-4-5-19(24)22-18-12-15(20)7-9-17(18)21/h6-9,11-12H,4-5,10H2,1-3H3,(H,22,24). The first kappa shape index (κ1) is 21.5. The number of hydrogen-bond acceptors (Lipinski definition) is 3. The van der Waals surface area contributed by atoms with Crippen LogP contribution in [-0.2, 0) is 14.8 Å². The molecule has 0 fully saturated rings. The number of amides is 1. The van der Waals surface area contributed by atoms with Crippen LogP contribution >= 0.6 is 23.2 Å². The zero-order valence-electron chi connectivity index (χ0n) is 15.4. The van der Waals surface area contributed by atoms with Gasteiger partial charge in [0.05, 0.1) is 22.7 Å². The van der Waals surface area contributed by atoms with Gasteiger partial charge < -0.3 is 5.32 Å². The van der Waals surface area contributed by atoms with Crippen molar-refractivity contribution in [3.8, 4) is 0 Å². The average molecular weight is 429 g/mol. The van der Waals surface area contributed by atoms with Gasteiger partial charge in [0.2, 0.25) is 15.9 Å². The lowest BCUT2D eigenvalue weighted by Gasteiger charge is -2.23. The van der Waals surface area contributed by atoms with Crippen LogP contribution in [0.2, 0.25) is 10.0 Å². The van der Waals surface area contributed by atoms with Crippen LogP contribution in [0.1, 0.15) is 24.0 Å². The van der Waals surface area contributed by atoms with E-state index >= 15 is 0 Å². The number of aryl methyl sites for hydroxylation is 2. The molecule has 0 saturated carbocycles. The van der Waals surface area contributed by atoms with Gasteiger partial charge in [0.1, 0.15) is 0 Å². The SMILES string of the molecule is Cc1ccc(N(CCCC(=O)Nc2cc(Cl)ccc2Cl)S(C)(=O)=O)cc1C. The third-order valence-electron chi connectivity index (χ3n) is 4.15. The molecule has 2 aromatic rings. The van der Waals surface area contributed by atoms with E-state index in [-0.39, 0.29) is 18.9 Å². The Balaban J connectivity index is 2.02. The normalized spacial score (nSPS) is 11.3. The summed E-state index contributed by atoms with van der Waals surface area (Å²) in [6.07, 6.45) is 1.68. The third kappa shape index (κ3) is 6.13. The highest BCUT2D eigenvalue weighted by Crippen LogP contribution is 2.26. The summed E-state index contributed by atoms with van der Waals surface area (Å²) in [4.78, 5) is 12.2. The summed E-state index contributed by atoms with van der Waals surface area (Å²) in [5.74, 6) is -0.257. The molecule has 0 saturated heterocycles. The van der Waals surface area contributed by atoms with Crippen molar-refractivity contribution < 1.29 is 13.2 Å². The molecule has 0 bridgehead atoms. The summed E-state index contributed by atoms with van der Waals surface area (Å²) in [7, 11) is -3.45. The molecule has 0 radical (unpaired) electrons. The van der Waals surface area contributed by atoms with E-state index in [1.807, 2.05) is 26.0 Å². The second kappa shape index (κ2) is 8.95. The highest BCUT2D eigenvalue weighted by molar-refractivity contribution is 7.92. The molecular formula is C19H22Cl2N2O3S. The number of carbonyl (C=O) groups excluding carboxylic acids is 1. The molecule has 2 rings (SSSR count). The summed E-state index contributed by atoms with van der Waals surface area (Å²) >= 11 is 11.9. The molecule has 1 N–H and O–H groups in total. The van der Waals surface area contributed by atoms with Gasteiger partial charge in [-0.15, -0.1) is 0 Å². The quantitative estimate of drug-likeness (QED) is 0.688. The Bertz CT molecular complexity index is 946. The molecule has 0 aliphatic carbocycles. The van der Waals surface area contributed by atoms with Gasteiger partial charge in [0.25, 0.3) is 0 Å². The summed E-state index contributed by atoms with van der Waals surface area (Å²) in [5.41, 5.74) is 3.13. The fourth-order valence-electron chi connectivity index (χ4n) is 2.56. The Morgan fingerprint density at radius 3 is 2.41 bits per heavy atom. The Morgan fingerprint density at radius 2 is 1.78 bits per heavy atom. The molecule has 146 valence electrons. The number of anilines is 2. The lowest BCUT2D eigenvalue weighted by atomic mass is 10.1. The fraction of sp³-hybridized carbons (Fsp3) is 0.316. The van der Waals surface area contributed by atoms with E-state index in [0.717, 1.165) is 17.4 Å². The molecule has 5 nitrogen and oxygen atoms in total. The van der Waals surface area contributed by atoms with Gasteiger partial charge in [-0.05, 0) is 61.7 Å². The number of sulfonamides is 1. The van der Waals surface area contributed by atoms with Crippen LogP contribution in [0.5, 0.6) is 0 Å². The molecule has 27 heavy (non-hydrogen) atoms. The Hall–Kier alpha value is -1.76. The molecule has 0 spiro atoms. The lowest BCUT2D eigenvalue weighted by Crippen LogP contribution is -2.31. The number of hydrogen-bond donors (Lipinski definition) is 1. The molecule has 0 atom stereocenters. The van der Waals surface area contributed by atoms with Crippen LogP contribution in [0, 0.1) is 13.8 Å². The van der Waals surface area contributed by atoms with Crippen molar-refractivity contribution in [1.82, 2.24) is 0 Å². The number of rotatable bonds is 7. The molecule has 0 aromatic heterocycles. The molecule has 0 aliphatic rings. The van der Waals surface area contributed by atoms with Crippen molar-refractivity contribution in [1.29, 1.82) is 0 Å². The maximum atomic E-state index is 12.2. The second-order valence-corrected chi connectivity index (χ2v) is 9.13. The lowest BCUT2D eigenvalue weighted by molar-refractivity contribution is -0.116. The molecule has 8 heteroatoms. The smallest absolute Gasteiger partial charge is 0.232 e. The summed E-state index contributed by atoms with van der Waals surface area (Å²) in [6.45, 7) is 4.11. The highest BCUT2D eigenvalue weighted by Gasteiger charge is 2.18. The molecule has 2 aromatic carbocycles. The molecular weight excluding hydrogens is 407 g/mol. The highest BCUT2D eigenvalue weighted by atomic mass is 35.5. The maximum absolute atomic E-state index is 12.2. The van der Waals surface area contributed by atoms with Gasteiger partial charge in [-0.25, -0.2) is 8.42 Å². The Morgan fingerprint density at radius 1 is 1.07 bits per heavy atom. The summed E-state index contributed by atoms with van der Waals surface area (Å²) in [5, 5.41) is 3.55. The van der Waals surface area contributed by atoms with Crippen molar-refractivity contribution in [3.63, 3.8) is 0 Å². The van der Waals surface area contributed by atoms with Gasteiger partial charge in [0, 0.05) is 18.0 Å². The van der Waals surface area contributed by atoms with Gasteiger partial charge in [-0.2, -0.15) is 0 Å². The van der Waals surface area contributed by atoms with Crippen LogP contribution in [0.4, 0.5) is 11.4 Å². The van der Waals surface area contributed by atoms with Gasteiger partial charge in [-0.1, -0.05) is 29.3 Å². The van der Waals surface area contributed by atoms with E-state index in [2.05, 4.69) is 5.32 Å². The monoisotopic (exact) mass is 428 g/mol. The van der Waals surface area contributed by atoms with Gasteiger partial charge >= 0.3 is 0 Å². The molecule has 0 heterocycles. The Kier molecular flexibility index (Phi) is 7.14. The molecule has 0 unspecified atom stereocenters. The van der Waals surface area contributed by atoms with E-state index in [1.54, 1.807) is 24.3 Å². The average Bonchev–Trinajstić information content (AvgIpc) is 2.56. The second-order valence-electron chi connectivity index (χ2n) is 6.38. The Labute approximate surface area is 170 Å². The van der Waals surface area contributed by atoms with Crippen LogP contribution in [-0.4, -0.2) is 27.1 Å². The predicted molar refractivity (Wildman–Crippen MR) is 112 cm³/mol. The minimum atomic E-state index is -3.45. The molecule has 1 amide bonds. The van der Waals surface area contributed by atoms with Crippen molar-refractivity contribution in [2.24, 2.45) is 0 Å². The first-order valence-electron chi connectivity index (χ1n) is 8.38. The minimum Gasteiger partial charge on any atom is -0.325 e. The van der Waals surface area contributed by atoms with Crippen molar-refractivity contribution in [2.45, 2.75) is 26.7 Å². The first-order valence-corrected chi connectivity index (χ1v) is 11.0. The summed E-state index contributed by atoms with van der Waals surface area (Å²) in [6, 6.07) is 10.3. The number of benzene rings is 2. The summed E-state index contributed by atoms with van der Waals surface area (Å²) < 4.78 is 25.7. The van der Waals surface area contributed by atoms with E-state index in [0.29, 0.717) is 27.8 Å². The number of carbonyl (C=O) groups is 1. The van der Waals surface area contributed by atoms with Crippen molar-refractivity contribution >= 4 is 50.5 Å². The third-order valence-corrected chi connectivity index (χ3v) is 5.91. The van der Waals surface area contributed by atoms with Crippen LogP contribution in [0.25, 0.3) is 0 Å². The van der Waals surface area contributed by atoms with E-state index in [9.17, 15) is 13.2 Å². The number of halogens is 2. The number of nitrogens with one attached hydrogen (secondary N) is 1. The fourth-order valence-corrected chi connectivity index (χ4v) is 3.85. The largest absolute Gasteiger partial charge is 0.325 e. The topological polar surface area (TPSA) is 66.5 Å². The van der Waals surface area contributed by atoms with E-state index in [1.165, 1.54) is 4.31 Å². The van der Waals surface area contributed by atoms with Crippen LogP contribution in [0.3, 0.4) is 0 Å². The number of nitrogens with zero attached hydrogens (tertiary/aromatic N) is 1. The van der Waals surface area contributed by atoms with Crippen LogP contribution < -0.4 is 9.62 Å².